The minimum atomic E-state index is -3.44. The van der Waals surface area contributed by atoms with Crippen molar-refractivity contribution in [3.63, 3.8) is 0 Å². The summed E-state index contributed by atoms with van der Waals surface area (Å²) >= 11 is 0. The second-order valence-corrected chi connectivity index (χ2v) is 8.05. The zero-order valence-electron chi connectivity index (χ0n) is 12.3. The number of sulfonamides is 1. The first-order valence-corrected chi connectivity index (χ1v) is 8.62. The van der Waals surface area contributed by atoms with Crippen molar-refractivity contribution >= 4 is 16.0 Å². The van der Waals surface area contributed by atoms with Crippen LogP contribution in [0.4, 0.5) is 0 Å². The van der Waals surface area contributed by atoms with Crippen LogP contribution in [0.2, 0.25) is 0 Å². The monoisotopic (exact) mass is 311 g/mol. The van der Waals surface area contributed by atoms with E-state index in [1.165, 1.54) is 4.31 Å². The predicted octanol–water partition coefficient (Wildman–Crippen LogP) is 1.92. The topological polar surface area (TPSA) is 74.7 Å². The summed E-state index contributed by atoms with van der Waals surface area (Å²) < 4.78 is 26.2. The van der Waals surface area contributed by atoms with Gasteiger partial charge in [0.2, 0.25) is 10.0 Å². The minimum Gasteiger partial charge on any atom is -0.481 e. The quantitative estimate of drug-likeness (QED) is 0.901. The molecular formula is C15H21NO4S. The van der Waals surface area contributed by atoms with Crippen molar-refractivity contribution in [1.82, 2.24) is 4.31 Å². The van der Waals surface area contributed by atoms with Gasteiger partial charge >= 0.3 is 5.97 Å². The maximum Gasteiger partial charge on any atom is 0.310 e. The van der Waals surface area contributed by atoms with Gasteiger partial charge in [0.15, 0.2) is 0 Å². The molecule has 1 aliphatic heterocycles. The van der Waals surface area contributed by atoms with Crippen LogP contribution in [0.1, 0.15) is 31.7 Å². The van der Waals surface area contributed by atoms with Gasteiger partial charge in [0.1, 0.15) is 0 Å². The van der Waals surface area contributed by atoms with E-state index in [2.05, 4.69) is 0 Å². The van der Waals surface area contributed by atoms with Crippen LogP contribution in [-0.4, -0.2) is 42.6 Å². The molecule has 0 aliphatic carbocycles. The van der Waals surface area contributed by atoms with E-state index in [9.17, 15) is 18.3 Å². The van der Waals surface area contributed by atoms with E-state index < -0.39 is 21.4 Å². The van der Waals surface area contributed by atoms with Gasteiger partial charge in [-0.3, -0.25) is 4.79 Å². The summed E-state index contributed by atoms with van der Waals surface area (Å²) in [6, 6.07) is 9.48. The Morgan fingerprint density at radius 2 is 2.00 bits per heavy atom. The molecular weight excluding hydrogens is 290 g/mol. The van der Waals surface area contributed by atoms with Crippen LogP contribution in [0.25, 0.3) is 0 Å². The number of hydrogen-bond acceptors (Lipinski definition) is 3. The Hall–Kier alpha value is -1.40. The molecule has 2 atom stereocenters. The Labute approximate surface area is 125 Å². The smallest absolute Gasteiger partial charge is 0.310 e. The molecule has 1 heterocycles. The fourth-order valence-corrected chi connectivity index (χ4v) is 4.52. The summed E-state index contributed by atoms with van der Waals surface area (Å²) in [5.74, 6) is -1.05. The molecule has 0 radical (unpaired) electrons. The Morgan fingerprint density at radius 1 is 1.38 bits per heavy atom. The van der Waals surface area contributed by atoms with E-state index in [4.69, 9.17) is 0 Å². The molecule has 1 saturated heterocycles. The van der Waals surface area contributed by atoms with Gasteiger partial charge in [-0.05, 0) is 24.8 Å². The molecule has 1 fully saturated rings. The number of rotatable bonds is 5. The van der Waals surface area contributed by atoms with E-state index in [-0.39, 0.29) is 24.8 Å². The van der Waals surface area contributed by atoms with Crippen LogP contribution in [-0.2, 0) is 14.8 Å². The molecule has 1 aromatic carbocycles. The maximum atomic E-state index is 12.5. The van der Waals surface area contributed by atoms with Gasteiger partial charge in [-0.25, -0.2) is 12.7 Å². The predicted molar refractivity (Wildman–Crippen MR) is 80.6 cm³/mol. The molecule has 0 bridgehead atoms. The van der Waals surface area contributed by atoms with Gasteiger partial charge in [-0.15, -0.1) is 0 Å². The number of carboxylic acids is 1. The Kier molecular flexibility index (Phi) is 4.39. The van der Waals surface area contributed by atoms with E-state index in [0.29, 0.717) is 6.42 Å². The summed E-state index contributed by atoms with van der Waals surface area (Å²) in [5.41, 5.74) is 0.00421. The second kappa shape index (κ2) is 5.77. The van der Waals surface area contributed by atoms with Gasteiger partial charge in [-0.1, -0.05) is 37.3 Å². The van der Waals surface area contributed by atoms with Crippen LogP contribution in [0.3, 0.4) is 0 Å². The first-order chi connectivity index (χ1) is 9.74. The summed E-state index contributed by atoms with van der Waals surface area (Å²) in [6.07, 6.45) is 0.362. The van der Waals surface area contributed by atoms with Crippen LogP contribution >= 0.6 is 0 Å². The SMILES string of the molecule is CC(CS(=O)(=O)N1CCC(C)(C(=O)O)C1)c1ccccc1. The lowest BCUT2D eigenvalue weighted by molar-refractivity contribution is -0.146. The normalized spacial score (nSPS) is 24.9. The third-order valence-corrected chi connectivity index (χ3v) is 6.20. The average molecular weight is 311 g/mol. The maximum absolute atomic E-state index is 12.5. The average Bonchev–Trinajstić information content (AvgIpc) is 2.84. The molecule has 0 saturated carbocycles. The molecule has 0 spiro atoms. The van der Waals surface area contributed by atoms with Gasteiger partial charge in [0.05, 0.1) is 11.2 Å². The van der Waals surface area contributed by atoms with Gasteiger partial charge < -0.3 is 5.11 Å². The van der Waals surface area contributed by atoms with Crippen LogP contribution in [0.15, 0.2) is 30.3 Å². The fourth-order valence-electron chi connectivity index (χ4n) is 2.63. The summed E-state index contributed by atoms with van der Waals surface area (Å²) in [4.78, 5) is 11.2. The lowest BCUT2D eigenvalue weighted by Crippen LogP contribution is -2.36. The van der Waals surface area contributed by atoms with Gasteiger partial charge in [0.25, 0.3) is 0 Å². The number of carboxylic acid groups (broad SMARTS) is 1. The molecule has 0 amide bonds. The highest BCUT2D eigenvalue weighted by Crippen LogP contribution is 2.32. The molecule has 1 N–H and O–H groups in total. The summed E-state index contributed by atoms with van der Waals surface area (Å²) in [6.45, 7) is 3.82. The Balaban J connectivity index is 2.08. The standard InChI is InChI=1S/C15H21NO4S/c1-12(13-6-4-3-5-7-13)10-21(19,20)16-9-8-15(2,11-16)14(17)18/h3-7,12H,8-11H2,1-2H3,(H,17,18). The van der Waals surface area contributed by atoms with Crippen LogP contribution in [0, 0.1) is 5.41 Å². The van der Waals surface area contributed by atoms with E-state index in [1.54, 1.807) is 6.92 Å². The van der Waals surface area contributed by atoms with Crippen LogP contribution in [0.5, 0.6) is 0 Å². The molecule has 5 nitrogen and oxygen atoms in total. The van der Waals surface area contributed by atoms with Crippen molar-refractivity contribution in [2.24, 2.45) is 5.41 Å². The number of aliphatic carboxylic acids is 1. The van der Waals surface area contributed by atoms with Crippen molar-refractivity contribution in [3.05, 3.63) is 35.9 Å². The summed E-state index contributed by atoms with van der Waals surface area (Å²) in [7, 11) is -3.44. The lowest BCUT2D eigenvalue weighted by atomic mass is 9.90. The lowest BCUT2D eigenvalue weighted by Gasteiger charge is -2.22. The number of hydrogen-bond donors (Lipinski definition) is 1. The molecule has 1 aromatic rings. The van der Waals surface area contributed by atoms with E-state index >= 15 is 0 Å². The first-order valence-electron chi connectivity index (χ1n) is 7.01. The second-order valence-electron chi connectivity index (χ2n) is 6.04. The molecule has 21 heavy (non-hydrogen) atoms. The van der Waals surface area contributed by atoms with Crippen molar-refractivity contribution in [2.75, 3.05) is 18.8 Å². The number of nitrogens with zero attached hydrogens (tertiary/aromatic N) is 1. The number of carbonyl (C=O) groups is 1. The summed E-state index contributed by atoms with van der Waals surface area (Å²) in [5, 5.41) is 9.19. The fraction of sp³-hybridized carbons (Fsp3) is 0.533. The molecule has 6 heteroatoms. The van der Waals surface area contributed by atoms with Crippen molar-refractivity contribution < 1.29 is 18.3 Å². The molecule has 0 aromatic heterocycles. The highest BCUT2D eigenvalue weighted by Gasteiger charge is 2.44. The Morgan fingerprint density at radius 3 is 2.52 bits per heavy atom. The first kappa shape index (κ1) is 16.0. The molecule has 116 valence electrons. The highest BCUT2D eigenvalue weighted by molar-refractivity contribution is 7.89. The van der Waals surface area contributed by atoms with Crippen molar-refractivity contribution in [3.8, 4) is 0 Å². The molecule has 2 rings (SSSR count). The third-order valence-electron chi connectivity index (χ3n) is 4.18. The number of benzene rings is 1. The van der Waals surface area contributed by atoms with Crippen molar-refractivity contribution in [2.45, 2.75) is 26.2 Å². The van der Waals surface area contributed by atoms with Gasteiger partial charge in [-0.2, -0.15) is 0 Å². The Bertz CT molecular complexity index is 614. The minimum absolute atomic E-state index is 0.00666. The zero-order valence-corrected chi connectivity index (χ0v) is 13.1. The largest absolute Gasteiger partial charge is 0.481 e. The van der Waals surface area contributed by atoms with Crippen LogP contribution < -0.4 is 0 Å². The molecule has 2 unspecified atom stereocenters. The highest BCUT2D eigenvalue weighted by atomic mass is 32.2. The zero-order chi connectivity index (χ0) is 15.7. The van der Waals surface area contributed by atoms with E-state index in [1.807, 2.05) is 37.3 Å². The van der Waals surface area contributed by atoms with Crippen molar-refractivity contribution in [1.29, 1.82) is 0 Å². The van der Waals surface area contributed by atoms with Gasteiger partial charge in [0, 0.05) is 13.1 Å². The third kappa shape index (κ3) is 3.44. The van der Waals surface area contributed by atoms with E-state index in [0.717, 1.165) is 5.56 Å². The molecule has 1 aliphatic rings.